The van der Waals surface area contributed by atoms with Crippen molar-refractivity contribution in [3.63, 3.8) is 0 Å². The number of hydrogen-bond acceptors (Lipinski definition) is 15. The minimum atomic E-state index is -1.94. The average Bonchev–Trinajstić information content (AvgIpc) is 3.19. The Labute approximate surface area is 351 Å². The van der Waals surface area contributed by atoms with Gasteiger partial charge in [-0.3, -0.25) is 9.59 Å². The first-order valence-electron chi connectivity index (χ1n) is 21.5. The SMILES string of the molecule is COC(=O)[C@H]1O[C@@H](O[C@H]2[C@H](O[C@H]3CC[C@]4(C)[C@H]5C(=O)C=C6[C@@H]7C[C@@](C)(C(=O)O)CC[C@]7(C)CC[C@@]6(C)[C@]5(C)CC[C@H]4C3(C)C)O[C@H](C(=O)OC)[C@@H](O)[C@@H]2O)[C@H](O)[C@@H](O)[C@@H]1O. The molecule has 0 spiro atoms. The molecule has 2 heterocycles. The number of ether oxygens (including phenoxy) is 6. The van der Waals surface area contributed by atoms with Gasteiger partial charge in [-0.1, -0.05) is 47.1 Å². The summed E-state index contributed by atoms with van der Waals surface area (Å²) in [6.45, 7) is 15.0. The van der Waals surface area contributed by atoms with E-state index in [1.807, 2.05) is 13.0 Å². The van der Waals surface area contributed by atoms with Crippen molar-refractivity contribution < 1.29 is 78.2 Å². The average molecular weight is 851 g/mol. The molecule has 7 aliphatic rings. The van der Waals surface area contributed by atoms with E-state index >= 15 is 0 Å². The van der Waals surface area contributed by atoms with E-state index in [1.165, 1.54) is 0 Å². The highest BCUT2D eigenvalue weighted by Crippen LogP contribution is 2.75. The second-order valence-electron chi connectivity index (χ2n) is 21.0. The smallest absolute Gasteiger partial charge is 0.337 e. The quantitative estimate of drug-likeness (QED) is 0.159. The first-order chi connectivity index (χ1) is 27.8. The molecule has 338 valence electrons. The van der Waals surface area contributed by atoms with Gasteiger partial charge in [-0.2, -0.15) is 0 Å². The highest BCUT2D eigenvalue weighted by atomic mass is 16.8. The van der Waals surface area contributed by atoms with Gasteiger partial charge in [-0.25, -0.2) is 9.59 Å². The fourth-order valence-electron chi connectivity index (χ4n) is 13.6. The highest BCUT2D eigenvalue weighted by Gasteiger charge is 2.71. The van der Waals surface area contributed by atoms with Gasteiger partial charge < -0.3 is 59.1 Å². The first-order valence-corrected chi connectivity index (χ1v) is 21.5. The summed E-state index contributed by atoms with van der Waals surface area (Å²) >= 11 is 0. The summed E-state index contributed by atoms with van der Waals surface area (Å²) in [7, 11) is 2.13. The van der Waals surface area contributed by atoms with Crippen molar-refractivity contribution in [1.82, 2.24) is 0 Å². The molecule has 5 aliphatic carbocycles. The van der Waals surface area contributed by atoms with Crippen LogP contribution in [-0.4, -0.2) is 136 Å². The predicted octanol–water partition coefficient (Wildman–Crippen LogP) is 2.42. The third-order valence-electron chi connectivity index (χ3n) is 17.6. The highest BCUT2D eigenvalue weighted by molar-refractivity contribution is 5.95. The van der Waals surface area contributed by atoms with E-state index in [-0.39, 0.29) is 34.4 Å². The van der Waals surface area contributed by atoms with Crippen LogP contribution in [0.3, 0.4) is 0 Å². The Morgan fingerprint density at radius 2 is 1.28 bits per heavy atom. The summed E-state index contributed by atoms with van der Waals surface area (Å²) in [5, 5.41) is 64.7. The molecular weight excluding hydrogens is 784 g/mol. The van der Waals surface area contributed by atoms with Crippen molar-refractivity contribution in [2.24, 2.45) is 50.2 Å². The predicted molar refractivity (Wildman–Crippen MR) is 208 cm³/mol. The standard InChI is InChI=1S/C44H66O16/c1-39(2)23-10-13-44(7)33(22(45)18-20-21-19-41(4,38(53)54)15-14-40(21,3)16-17-43(20,44)6)42(23,5)12-11-24(39)57-37-32(28(49)27(48)31(59-37)35(52)56-9)60-36-29(50)25(46)26(47)30(58-36)34(51)55-8/h18,21,23-33,36-37,46-50H,10-17,19H2,1-9H3,(H,53,54)/t21-,23-,24-,25-,26-,27-,28-,29+,30-,31-,32+,33+,36-,37+,40+,41-,42-,43+,44+/m0/s1. The van der Waals surface area contributed by atoms with E-state index in [9.17, 15) is 49.8 Å². The molecule has 16 nitrogen and oxygen atoms in total. The molecule has 16 heteroatoms. The van der Waals surface area contributed by atoms with Crippen LogP contribution in [0.1, 0.15) is 106 Å². The van der Waals surface area contributed by atoms with Crippen LogP contribution in [0.2, 0.25) is 0 Å². The van der Waals surface area contributed by atoms with Crippen molar-refractivity contribution in [1.29, 1.82) is 0 Å². The van der Waals surface area contributed by atoms with E-state index in [0.717, 1.165) is 51.9 Å². The number of carbonyl (C=O) groups is 4. The van der Waals surface area contributed by atoms with Crippen molar-refractivity contribution in [2.45, 2.75) is 174 Å². The topological polar surface area (TPSA) is 245 Å². The molecule has 4 saturated carbocycles. The van der Waals surface area contributed by atoms with E-state index in [0.29, 0.717) is 25.7 Å². The van der Waals surface area contributed by atoms with Crippen LogP contribution in [0.15, 0.2) is 11.6 Å². The molecule has 19 atom stereocenters. The molecular formula is C44H66O16. The Morgan fingerprint density at radius 1 is 0.700 bits per heavy atom. The number of aliphatic hydroxyl groups is 5. The molecule has 6 N–H and O–H groups in total. The van der Waals surface area contributed by atoms with Gasteiger partial charge in [0, 0.05) is 5.92 Å². The number of ketones is 1. The number of aliphatic carboxylic acids is 1. The normalized spacial score (nSPS) is 51.1. The lowest BCUT2D eigenvalue weighted by atomic mass is 9.33. The molecule has 0 radical (unpaired) electrons. The van der Waals surface area contributed by atoms with Gasteiger partial charge in [-0.15, -0.1) is 0 Å². The summed E-state index contributed by atoms with van der Waals surface area (Å²) in [4.78, 5) is 52.7. The fraction of sp³-hybridized carbons (Fsp3) is 0.864. The molecule has 0 unspecified atom stereocenters. The van der Waals surface area contributed by atoms with Crippen molar-refractivity contribution in [2.75, 3.05) is 14.2 Å². The van der Waals surface area contributed by atoms with E-state index in [1.54, 1.807) is 0 Å². The molecule has 6 fully saturated rings. The van der Waals surface area contributed by atoms with Gasteiger partial charge in [0.05, 0.1) is 25.7 Å². The van der Waals surface area contributed by atoms with Crippen LogP contribution in [0.25, 0.3) is 0 Å². The lowest BCUT2D eigenvalue weighted by Crippen LogP contribution is -2.68. The van der Waals surface area contributed by atoms with Crippen molar-refractivity contribution >= 4 is 23.7 Å². The van der Waals surface area contributed by atoms with E-state index < -0.39 is 107 Å². The number of methoxy groups -OCH3 is 2. The number of fused-ring (bicyclic) bond motifs is 7. The molecule has 0 amide bonds. The zero-order valence-corrected chi connectivity index (χ0v) is 36.3. The maximum atomic E-state index is 14.9. The molecule has 0 bridgehead atoms. The van der Waals surface area contributed by atoms with Crippen molar-refractivity contribution in [3.8, 4) is 0 Å². The third-order valence-corrected chi connectivity index (χ3v) is 17.6. The lowest BCUT2D eigenvalue weighted by molar-refractivity contribution is -0.371. The van der Waals surface area contributed by atoms with Gasteiger partial charge in [0.1, 0.15) is 36.6 Å². The number of aliphatic hydroxyl groups excluding tert-OH is 5. The number of carboxylic acid groups (broad SMARTS) is 1. The van der Waals surface area contributed by atoms with Crippen LogP contribution in [0.4, 0.5) is 0 Å². The van der Waals surface area contributed by atoms with Gasteiger partial charge in [0.2, 0.25) is 0 Å². The zero-order chi connectivity index (χ0) is 44.3. The van der Waals surface area contributed by atoms with Crippen LogP contribution >= 0.6 is 0 Å². The minimum Gasteiger partial charge on any atom is -0.481 e. The second kappa shape index (κ2) is 15.3. The third kappa shape index (κ3) is 6.63. The van der Waals surface area contributed by atoms with Crippen LogP contribution in [0, 0.1) is 50.2 Å². The Balaban J connectivity index is 1.18. The molecule has 0 aromatic carbocycles. The van der Waals surface area contributed by atoms with Crippen LogP contribution in [0.5, 0.6) is 0 Å². The summed E-state index contributed by atoms with van der Waals surface area (Å²) < 4.78 is 33.8. The summed E-state index contributed by atoms with van der Waals surface area (Å²) in [6.07, 6.45) is -10.5. The largest absolute Gasteiger partial charge is 0.481 e. The zero-order valence-electron chi connectivity index (χ0n) is 36.3. The minimum absolute atomic E-state index is 0.00733. The first kappa shape index (κ1) is 45.5. The van der Waals surface area contributed by atoms with Gasteiger partial charge >= 0.3 is 17.9 Å². The Hall–Kier alpha value is -2.54. The summed E-state index contributed by atoms with van der Waals surface area (Å²) in [6, 6.07) is 0. The maximum absolute atomic E-state index is 14.9. The molecule has 2 aliphatic heterocycles. The number of hydrogen-bond donors (Lipinski definition) is 6. The number of carbonyl (C=O) groups excluding carboxylic acids is 3. The van der Waals surface area contributed by atoms with Crippen LogP contribution in [-0.2, 0) is 47.6 Å². The van der Waals surface area contributed by atoms with E-state index in [2.05, 4.69) is 46.3 Å². The Bertz CT molecular complexity index is 1770. The molecule has 60 heavy (non-hydrogen) atoms. The number of rotatable bonds is 7. The van der Waals surface area contributed by atoms with Gasteiger partial charge in [0.25, 0.3) is 0 Å². The summed E-state index contributed by atoms with van der Waals surface area (Å²) in [5.41, 5.74) is -1.65. The van der Waals surface area contributed by atoms with Gasteiger partial charge in [-0.05, 0) is 110 Å². The molecule has 7 rings (SSSR count). The van der Waals surface area contributed by atoms with Crippen LogP contribution < -0.4 is 0 Å². The molecule has 0 aromatic rings. The van der Waals surface area contributed by atoms with Gasteiger partial charge in [0.15, 0.2) is 30.6 Å². The Morgan fingerprint density at radius 3 is 1.88 bits per heavy atom. The molecule has 2 saturated heterocycles. The lowest BCUT2D eigenvalue weighted by Gasteiger charge is -2.70. The molecule has 0 aromatic heterocycles. The number of esters is 2. The number of allylic oxidation sites excluding steroid dienone is 2. The Kier molecular flexibility index (Phi) is 11.6. The fourth-order valence-corrected chi connectivity index (χ4v) is 13.6. The van der Waals surface area contributed by atoms with Crippen molar-refractivity contribution in [3.05, 3.63) is 11.6 Å². The second-order valence-corrected chi connectivity index (χ2v) is 21.0. The monoisotopic (exact) mass is 850 g/mol. The number of carboxylic acids is 1. The summed E-state index contributed by atoms with van der Waals surface area (Å²) in [5.74, 6) is -3.14. The maximum Gasteiger partial charge on any atom is 0.337 e. The van der Waals surface area contributed by atoms with E-state index in [4.69, 9.17) is 23.7 Å².